The van der Waals surface area contributed by atoms with E-state index in [-0.39, 0.29) is 59.7 Å². The highest BCUT2D eigenvalue weighted by atomic mass is 32.2. The molecule has 10 rings (SSSR count). The number of methoxy groups -OCH3 is 1. The monoisotopic (exact) mass is 1830 g/mol. The Hall–Kier alpha value is -9.48. The standard InChI is InChI=1S/C46H44O9S3.C31H30O5S.2C16H36N/c1-7-28-53-36-18-12-33(13-19-36)46(5,6)35-16-22-38(23-17-35)55-42-27-25-40(30-44(42)58(50,51)52)57(48,49)39-24-26-41(43(29-39)56-47)54-37-20-14-34(15-21-37)45(3,4)32-10-8-31(2)9-11-32;1-5-22-35-26-10-6-23(7-11-26)31(2,3)24-8-12-27(13-9-24)36-28-16-20-30(21-17-28)37(32,33)29-18-14-25(34-4)15-19-29;2*1-5-9-13-17(14-10-6-2,15-11-7-3)16-12-8-4/h7-27,29-30,47H,1,28H2,2-6H3,(H,50,51,52);5-21H,1,22H2,2-4H3;2*5-16H2,1-4H3/q;;2*+1/p-2. The van der Waals surface area contributed by atoms with Gasteiger partial charge in [0.2, 0.25) is 19.7 Å². The van der Waals surface area contributed by atoms with Crippen molar-refractivity contribution in [2.75, 3.05) is 72.7 Å². The Morgan fingerprint density at radius 2 is 0.581 bits per heavy atom. The molecule has 0 radical (unpaired) electrons. The summed E-state index contributed by atoms with van der Waals surface area (Å²) in [5.41, 5.74) is 6.71. The molecule has 0 N–H and O–H groups in total. The zero-order valence-electron chi connectivity index (χ0n) is 79.6. The van der Waals surface area contributed by atoms with Crippen LogP contribution in [0.3, 0.4) is 0 Å². The van der Waals surface area contributed by atoms with Gasteiger partial charge in [0.15, 0.2) is 0 Å². The summed E-state index contributed by atoms with van der Waals surface area (Å²) in [6.45, 7) is 53.0. The number of hydrogen-bond acceptors (Lipinski definition) is 15. The Bertz CT molecular complexity index is 5260. The molecule has 10 aromatic carbocycles. The molecule has 10 aromatic rings. The Morgan fingerprint density at radius 1 is 0.333 bits per heavy atom. The van der Waals surface area contributed by atoms with Crippen LogP contribution in [-0.4, -0.2) is 116 Å². The van der Waals surface area contributed by atoms with E-state index in [4.69, 9.17) is 28.4 Å². The molecule has 0 aliphatic rings. The van der Waals surface area contributed by atoms with Gasteiger partial charge in [-0.2, -0.15) is 0 Å². The van der Waals surface area contributed by atoms with Crippen molar-refractivity contribution in [3.63, 3.8) is 0 Å². The van der Waals surface area contributed by atoms with Gasteiger partial charge >= 0.3 is 0 Å². The summed E-state index contributed by atoms with van der Waals surface area (Å²) in [4.78, 5) is -1.24. The average molecular weight is 1830 g/mol. The van der Waals surface area contributed by atoms with Crippen LogP contribution in [0.5, 0.6) is 51.7 Å². The number of benzene rings is 10. The Morgan fingerprint density at radius 3 is 0.868 bits per heavy atom. The first-order valence-electron chi connectivity index (χ1n) is 46.2. The fourth-order valence-electron chi connectivity index (χ4n) is 15.7. The minimum Gasteiger partial charge on any atom is -0.795 e. The summed E-state index contributed by atoms with van der Waals surface area (Å²) in [6.07, 6.45) is 25.5. The van der Waals surface area contributed by atoms with Gasteiger partial charge in [-0.25, -0.2) is 37.3 Å². The maximum atomic E-state index is 13.8. The first kappa shape index (κ1) is 107. The SMILES string of the molecule is C=CCOc1ccc(C(C)(C)c2ccc(Oc3ccc(S(=O)(=O)c4ccc(OC)cc4)cc3)cc2)cc1.C=CCOc1ccc(C(C)(C)c2ccc(Oc3ccc(S(=O)(=O)c4ccc(Oc5ccc(C(C)(C)c6ccc(C)cc6)cc5)c(S[O-])c4)cc3S(=O)(=O)[O-])cc2)cc1.CCCC[N+](CCCC)(CCCC)CCCC.CCCC[N+](CCCC)(CCCC)CCCC. The molecule has 0 heterocycles. The van der Waals surface area contributed by atoms with E-state index in [9.17, 15) is 34.4 Å². The molecule has 0 aliphatic heterocycles. The van der Waals surface area contributed by atoms with Crippen molar-refractivity contribution in [1.29, 1.82) is 0 Å². The maximum absolute atomic E-state index is 13.8. The van der Waals surface area contributed by atoms with Gasteiger partial charge < -0.3 is 46.5 Å². The van der Waals surface area contributed by atoms with Gasteiger partial charge in [0.1, 0.15) is 75.1 Å². The van der Waals surface area contributed by atoms with E-state index >= 15 is 0 Å². The number of quaternary nitrogens is 2. The molecule has 0 aromatic heterocycles. The van der Waals surface area contributed by atoms with Crippen molar-refractivity contribution in [2.24, 2.45) is 0 Å². The number of aryl methyl sites for hydroxylation is 1. The van der Waals surface area contributed by atoms with Crippen LogP contribution in [0.15, 0.2) is 285 Å². The van der Waals surface area contributed by atoms with Gasteiger partial charge in [-0.3, -0.25) is 0 Å². The second kappa shape index (κ2) is 51.9. The highest BCUT2D eigenvalue weighted by molar-refractivity contribution is 7.94. The fourth-order valence-corrected chi connectivity index (χ4v) is 19.4. The minimum absolute atomic E-state index is 0.0112. The molecular weight excluding hydrogens is 1690 g/mol. The lowest BCUT2D eigenvalue weighted by Crippen LogP contribution is -2.50. The summed E-state index contributed by atoms with van der Waals surface area (Å²) in [5.74, 6) is 3.81. The van der Waals surface area contributed by atoms with Gasteiger partial charge in [-0.05, 0) is 237 Å². The highest BCUT2D eigenvalue weighted by Gasteiger charge is 2.31. The molecule has 0 atom stereocenters. The normalized spacial score (nSPS) is 12.0. The molecule has 0 amide bonds. The predicted molar refractivity (Wildman–Crippen MR) is 528 cm³/mol. The van der Waals surface area contributed by atoms with Crippen molar-refractivity contribution < 1.29 is 71.7 Å². The first-order valence-corrected chi connectivity index (χ1v) is 51.4. The second-order valence-electron chi connectivity index (χ2n) is 35.1. The molecule has 698 valence electrons. The van der Waals surface area contributed by atoms with Gasteiger partial charge in [0, 0.05) is 21.1 Å². The summed E-state index contributed by atoms with van der Waals surface area (Å²) in [6, 6.07) is 65.9. The van der Waals surface area contributed by atoms with Crippen LogP contribution in [0.1, 0.15) is 239 Å². The number of hydrogen-bond donors (Lipinski definition) is 0. The van der Waals surface area contributed by atoms with Gasteiger partial charge in [0.25, 0.3) is 0 Å². The van der Waals surface area contributed by atoms with Crippen LogP contribution >= 0.6 is 12.0 Å². The summed E-state index contributed by atoms with van der Waals surface area (Å²) in [5, 5.41) is 0. The first-order chi connectivity index (χ1) is 61.6. The van der Waals surface area contributed by atoms with Gasteiger partial charge in [-0.1, -0.05) is 264 Å². The molecule has 16 nitrogen and oxygen atoms in total. The molecule has 0 unspecified atom stereocenters. The molecular formula is C109H144N2O14S4. The number of ether oxygens (including phenoxy) is 6. The van der Waals surface area contributed by atoms with E-state index in [1.807, 2.05) is 91.9 Å². The predicted octanol–water partition coefficient (Wildman–Crippen LogP) is 28.0. The quantitative estimate of drug-likeness (QED) is 0.0151. The van der Waals surface area contributed by atoms with Crippen molar-refractivity contribution in [2.45, 2.75) is 252 Å². The molecule has 0 spiro atoms. The minimum atomic E-state index is -5.21. The van der Waals surface area contributed by atoms with Crippen molar-refractivity contribution in [3.05, 3.63) is 295 Å². The second-order valence-corrected chi connectivity index (χ2v) is 40.9. The molecule has 129 heavy (non-hydrogen) atoms. The van der Waals surface area contributed by atoms with E-state index in [1.165, 1.54) is 207 Å². The largest absolute Gasteiger partial charge is 0.795 e. The van der Waals surface area contributed by atoms with Crippen molar-refractivity contribution in [3.8, 4) is 51.7 Å². The highest BCUT2D eigenvalue weighted by Crippen LogP contribution is 2.42. The molecule has 0 saturated carbocycles. The van der Waals surface area contributed by atoms with Crippen LogP contribution in [0.2, 0.25) is 0 Å². The van der Waals surface area contributed by atoms with Crippen LogP contribution < -0.4 is 28.4 Å². The van der Waals surface area contributed by atoms with E-state index in [0.29, 0.717) is 36.2 Å². The molecule has 0 saturated heterocycles. The summed E-state index contributed by atoms with van der Waals surface area (Å²) >= 11 is 0.0477. The number of unbranched alkanes of at least 4 members (excludes halogenated alkanes) is 8. The third-order valence-corrected chi connectivity index (χ3v) is 29.2. The lowest BCUT2D eigenvalue weighted by atomic mass is 9.78. The molecule has 0 aliphatic carbocycles. The number of sulfone groups is 2. The number of rotatable bonds is 49. The third-order valence-electron chi connectivity index (χ3n) is 24.3. The van der Waals surface area contributed by atoms with E-state index < -0.39 is 45.0 Å². The van der Waals surface area contributed by atoms with Gasteiger partial charge in [0.05, 0.1) is 83.9 Å². The smallest absolute Gasteiger partial charge is 0.206 e. The maximum Gasteiger partial charge on any atom is 0.206 e. The summed E-state index contributed by atoms with van der Waals surface area (Å²) < 4.78 is 140. The summed E-state index contributed by atoms with van der Waals surface area (Å²) in [7, 11) is -11.7. The van der Waals surface area contributed by atoms with Crippen LogP contribution in [0.4, 0.5) is 0 Å². The molecule has 20 heteroatoms. The van der Waals surface area contributed by atoms with E-state index in [1.54, 1.807) is 72.8 Å². The lowest BCUT2D eigenvalue weighted by Gasteiger charge is -2.39. The average Bonchev–Trinajstić information content (AvgIpc) is 0.767. The van der Waals surface area contributed by atoms with E-state index in [2.05, 4.69) is 146 Å². The topological polar surface area (TPSA) is 204 Å². The van der Waals surface area contributed by atoms with Crippen LogP contribution in [0, 0.1) is 6.92 Å². The van der Waals surface area contributed by atoms with Crippen LogP contribution in [-0.2, 0) is 46.0 Å². The Balaban J connectivity index is 0.000000271. The molecule has 0 fully saturated rings. The fraction of sp³-hybridized carbons (Fsp3) is 0.413. The van der Waals surface area contributed by atoms with Gasteiger partial charge in [-0.15, -0.1) is 0 Å². The number of nitrogens with zero attached hydrogens (tertiary/aromatic N) is 2. The van der Waals surface area contributed by atoms with Crippen molar-refractivity contribution >= 4 is 41.8 Å². The lowest BCUT2D eigenvalue weighted by molar-refractivity contribution is -0.929. The third kappa shape index (κ3) is 31.4. The van der Waals surface area contributed by atoms with Crippen molar-refractivity contribution in [1.82, 2.24) is 0 Å². The van der Waals surface area contributed by atoms with E-state index in [0.717, 1.165) is 63.6 Å². The zero-order valence-corrected chi connectivity index (χ0v) is 82.9. The Labute approximate surface area is 779 Å². The Kier molecular flexibility index (Phi) is 42.9. The van der Waals surface area contributed by atoms with Crippen LogP contribution in [0.25, 0.3) is 0 Å². The molecule has 0 bridgehead atoms. The zero-order chi connectivity index (χ0) is 94.3.